The summed E-state index contributed by atoms with van der Waals surface area (Å²) in [6.07, 6.45) is 1.36. The lowest BCUT2D eigenvalue weighted by Crippen LogP contribution is -2.40. The number of hydrogen-bond acceptors (Lipinski definition) is 4. The maximum atomic E-state index is 5.12. The third-order valence-electron chi connectivity index (χ3n) is 4.85. The van der Waals surface area contributed by atoms with E-state index in [1.54, 1.807) is 28.4 Å². The van der Waals surface area contributed by atoms with Crippen LogP contribution in [0.5, 0.6) is 0 Å². The second-order valence-electron chi connectivity index (χ2n) is 9.28. The summed E-state index contributed by atoms with van der Waals surface area (Å²) in [6, 6.07) is 4.48. The molecule has 0 atom stereocenters. The number of hydrogen-bond donors (Lipinski definition) is 0. The molecule has 0 saturated heterocycles. The van der Waals surface area contributed by atoms with Crippen LogP contribution in [-0.4, -0.2) is 54.9 Å². The number of aryl methyl sites for hydroxylation is 4. The van der Waals surface area contributed by atoms with Gasteiger partial charge in [-0.2, -0.15) is 0 Å². The van der Waals surface area contributed by atoms with E-state index < -0.39 is 0 Å². The second-order valence-corrected chi connectivity index (χ2v) is 9.28. The highest BCUT2D eigenvalue weighted by atomic mass is 16.5. The van der Waals surface area contributed by atoms with Crippen molar-refractivity contribution in [3.63, 3.8) is 0 Å². The minimum Gasteiger partial charge on any atom is -0.384 e. The molecular formula is C28H58O4. The van der Waals surface area contributed by atoms with Gasteiger partial charge in [0.05, 0.1) is 31.8 Å². The molecule has 194 valence electrons. The number of methoxy groups -OCH3 is 4. The molecule has 0 heterocycles. The zero-order chi connectivity index (χ0) is 23.7. The van der Waals surface area contributed by atoms with Gasteiger partial charge in [-0.05, 0) is 68.2 Å². The van der Waals surface area contributed by atoms with Gasteiger partial charge in [0.2, 0.25) is 0 Å². The number of ether oxygens (including phenoxy) is 4. The van der Waals surface area contributed by atoms with Gasteiger partial charge in [0.25, 0.3) is 0 Å². The van der Waals surface area contributed by atoms with E-state index in [9.17, 15) is 0 Å². The topological polar surface area (TPSA) is 36.9 Å². The molecular weight excluding hydrogens is 400 g/mol. The molecule has 0 aliphatic carbocycles. The fourth-order valence-electron chi connectivity index (χ4n) is 3.52. The van der Waals surface area contributed by atoms with E-state index in [4.69, 9.17) is 18.9 Å². The fraction of sp³-hybridized carbons (Fsp3) is 0.786. The molecule has 0 bridgehead atoms. The van der Waals surface area contributed by atoms with E-state index in [2.05, 4.69) is 67.5 Å². The Morgan fingerprint density at radius 2 is 0.781 bits per heavy atom. The van der Waals surface area contributed by atoms with Crippen LogP contribution in [0.2, 0.25) is 0 Å². The van der Waals surface area contributed by atoms with Gasteiger partial charge >= 0.3 is 0 Å². The molecule has 0 aliphatic rings. The van der Waals surface area contributed by atoms with Gasteiger partial charge in [-0.25, -0.2) is 0 Å². The summed E-state index contributed by atoms with van der Waals surface area (Å²) in [5.41, 5.74) is 5.38. The van der Waals surface area contributed by atoms with E-state index in [0.717, 1.165) is 11.8 Å². The molecule has 0 radical (unpaired) electrons. The van der Waals surface area contributed by atoms with Crippen LogP contribution in [0, 0.1) is 44.9 Å². The van der Waals surface area contributed by atoms with Crippen molar-refractivity contribution < 1.29 is 18.9 Å². The average Bonchev–Trinajstić information content (AvgIpc) is 2.61. The minimum absolute atomic E-state index is 0. The molecule has 4 nitrogen and oxygen atoms in total. The maximum Gasteiger partial charge on any atom is 0.0637 e. The van der Waals surface area contributed by atoms with Crippen LogP contribution < -0.4 is 0 Å². The lowest BCUT2D eigenvalue weighted by molar-refractivity contribution is -0.0760. The first kappa shape index (κ1) is 38.3. The van der Waals surface area contributed by atoms with Crippen molar-refractivity contribution in [3.05, 3.63) is 34.4 Å². The Labute approximate surface area is 202 Å². The summed E-state index contributed by atoms with van der Waals surface area (Å²) in [6.45, 7) is 20.0. The molecule has 0 spiro atoms. The van der Waals surface area contributed by atoms with Crippen LogP contribution in [0.4, 0.5) is 0 Å². The van der Waals surface area contributed by atoms with E-state index in [-0.39, 0.29) is 20.3 Å². The van der Waals surface area contributed by atoms with Gasteiger partial charge in [-0.15, -0.1) is 0 Å². The van der Waals surface area contributed by atoms with E-state index in [1.807, 2.05) is 0 Å². The quantitative estimate of drug-likeness (QED) is 0.365. The minimum atomic E-state index is -0.188. The lowest BCUT2D eigenvalue weighted by Gasteiger charge is -2.30. The first-order chi connectivity index (χ1) is 14.0. The van der Waals surface area contributed by atoms with Crippen molar-refractivity contribution in [2.24, 2.45) is 17.3 Å². The first-order valence-electron chi connectivity index (χ1n) is 11.0. The molecule has 32 heavy (non-hydrogen) atoms. The Morgan fingerprint density at radius 1 is 0.562 bits per heavy atom. The predicted molar refractivity (Wildman–Crippen MR) is 143 cm³/mol. The molecule has 1 aromatic carbocycles. The van der Waals surface area contributed by atoms with Crippen molar-refractivity contribution in [2.45, 2.75) is 76.7 Å². The van der Waals surface area contributed by atoms with Crippen molar-refractivity contribution >= 4 is 0 Å². The molecule has 0 unspecified atom stereocenters. The molecule has 0 aromatic heterocycles. The number of benzene rings is 1. The zero-order valence-corrected chi connectivity index (χ0v) is 22.0. The Kier molecular flexibility index (Phi) is 26.2. The number of rotatable bonds is 10. The van der Waals surface area contributed by atoms with Crippen molar-refractivity contribution in [3.8, 4) is 0 Å². The molecule has 0 saturated carbocycles. The van der Waals surface area contributed by atoms with Crippen LogP contribution in [0.15, 0.2) is 12.1 Å². The average molecular weight is 459 g/mol. The Hall–Kier alpha value is -0.940. The monoisotopic (exact) mass is 458 g/mol. The van der Waals surface area contributed by atoms with Gasteiger partial charge in [0, 0.05) is 28.4 Å². The summed E-state index contributed by atoms with van der Waals surface area (Å²) in [7, 11) is 6.65. The highest BCUT2D eigenvalue weighted by molar-refractivity contribution is 5.35. The van der Waals surface area contributed by atoms with Crippen molar-refractivity contribution in [1.82, 2.24) is 0 Å². The van der Waals surface area contributed by atoms with Crippen LogP contribution in [0.25, 0.3) is 0 Å². The summed E-state index contributed by atoms with van der Waals surface area (Å²) < 4.78 is 20.5. The third-order valence-corrected chi connectivity index (χ3v) is 4.85. The van der Waals surface area contributed by atoms with E-state index in [0.29, 0.717) is 26.4 Å². The predicted octanol–water partition coefficient (Wildman–Crippen LogP) is 7.44. The molecule has 0 N–H and O–H groups in total. The normalized spacial score (nSPS) is 10.4. The molecule has 0 amide bonds. The van der Waals surface area contributed by atoms with Crippen molar-refractivity contribution in [1.29, 1.82) is 0 Å². The lowest BCUT2D eigenvalue weighted by atomic mass is 9.92. The Balaban J connectivity index is -0.000000186. The van der Waals surface area contributed by atoms with Crippen molar-refractivity contribution in [2.75, 3.05) is 54.9 Å². The van der Waals surface area contributed by atoms with Gasteiger partial charge in [0.15, 0.2) is 0 Å². The van der Waals surface area contributed by atoms with E-state index in [1.165, 1.54) is 28.7 Å². The summed E-state index contributed by atoms with van der Waals surface area (Å²) in [4.78, 5) is 0. The van der Waals surface area contributed by atoms with Gasteiger partial charge < -0.3 is 18.9 Å². The summed E-state index contributed by atoms with van der Waals surface area (Å²) >= 11 is 0. The SMILES string of the molecule is C.C.CC(C)CC(C)C.COCC(COC)(COC)COC.Cc1cc(C)c(C)cc1C. The smallest absolute Gasteiger partial charge is 0.0637 e. The summed E-state index contributed by atoms with van der Waals surface area (Å²) in [5.74, 6) is 1.75. The highest BCUT2D eigenvalue weighted by Gasteiger charge is 2.30. The Morgan fingerprint density at radius 3 is 0.906 bits per heavy atom. The standard InChI is InChI=1S/C10H14.C9H20O4.C7H16.2CH4/c1-7-5-9(3)10(4)6-8(7)2;1-10-5-9(6-11-2,7-12-3)8-13-4;1-6(2)5-7(3)4;;/h5-6H,1-4H3;5-8H2,1-4H3;6-7H,5H2,1-4H3;2*1H4. The highest BCUT2D eigenvalue weighted by Crippen LogP contribution is 2.19. The van der Waals surface area contributed by atoms with Crippen LogP contribution in [-0.2, 0) is 18.9 Å². The molecule has 0 aliphatic heterocycles. The van der Waals surface area contributed by atoms with Gasteiger partial charge in [-0.1, -0.05) is 54.7 Å². The molecule has 0 fully saturated rings. The van der Waals surface area contributed by atoms with Crippen LogP contribution in [0.3, 0.4) is 0 Å². The molecule has 1 aromatic rings. The summed E-state index contributed by atoms with van der Waals surface area (Å²) in [5, 5.41) is 0. The maximum absolute atomic E-state index is 5.12. The second kappa shape index (κ2) is 21.9. The van der Waals surface area contributed by atoms with Crippen LogP contribution >= 0.6 is 0 Å². The first-order valence-corrected chi connectivity index (χ1v) is 11.0. The Bertz CT molecular complexity index is 453. The molecule has 1 rings (SSSR count). The zero-order valence-electron chi connectivity index (χ0n) is 22.0. The molecule has 4 heteroatoms. The third kappa shape index (κ3) is 18.6. The fourth-order valence-corrected chi connectivity index (χ4v) is 3.52. The van der Waals surface area contributed by atoms with E-state index >= 15 is 0 Å². The largest absolute Gasteiger partial charge is 0.384 e. The van der Waals surface area contributed by atoms with Crippen LogP contribution in [0.1, 0.15) is 71.2 Å². The van der Waals surface area contributed by atoms with Gasteiger partial charge in [0.1, 0.15) is 0 Å². The van der Waals surface area contributed by atoms with Gasteiger partial charge in [-0.3, -0.25) is 0 Å².